The maximum Gasteiger partial charge on any atom is 0.0552 e. The summed E-state index contributed by atoms with van der Waals surface area (Å²) < 4.78 is 0. The van der Waals surface area contributed by atoms with Gasteiger partial charge < -0.3 is 4.90 Å². The van der Waals surface area contributed by atoms with Gasteiger partial charge in [-0.1, -0.05) is 36.0 Å². The van der Waals surface area contributed by atoms with E-state index in [1.54, 1.807) is 0 Å². The highest BCUT2D eigenvalue weighted by Gasteiger charge is 2.22. The summed E-state index contributed by atoms with van der Waals surface area (Å²) in [6.45, 7) is 4.37. The fraction of sp³-hybridized carbons (Fsp3) is 0.200. The first-order chi connectivity index (χ1) is 8.18. The summed E-state index contributed by atoms with van der Waals surface area (Å²) in [6.07, 6.45) is 0. The van der Waals surface area contributed by atoms with Gasteiger partial charge in [0, 0.05) is 16.8 Å². The fourth-order valence-corrected chi connectivity index (χ4v) is 3.58. The summed E-state index contributed by atoms with van der Waals surface area (Å²) in [5, 5.41) is 0. The second-order valence-electron chi connectivity index (χ2n) is 4.51. The second-order valence-corrected chi connectivity index (χ2v) is 5.53. The molecule has 0 spiro atoms. The average molecular weight is 241 g/mol. The van der Waals surface area contributed by atoms with E-state index >= 15 is 0 Å². The molecule has 3 rings (SSSR count). The quantitative estimate of drug-likeness (QED) is 0.666. The van der Waals surface area contributed by atoms with Gasteiger partial charge in [-0.25, -0.2) is 0 Å². The predicted molar refractivity (Wildman–Crippen MR) is 74.5 cm³/mol. The topological polar surface area (TPSA) is 3.24 Å². The SMILES string of the molecule is Cc1cccc2c1Sc1c(C)cccc1N2C. The number of benzene rings is 2. The number of aryl methyl sites for hydroxylation is 2. The average Bonchev–Trinajstić information content (AvgIpc) is 2.32. The molecule has 1 aliphatic heterocycles. The van der Waals surface area contributed by atoms with E-state index < -0.39 is 0 Å². The Bertz CT molecular complexity index is 538. The van der Waals surface area contributed by atoms with Gasteiger partial charge >= 0.3 is 0 Å². The van der Waals surface area contributed by atoms with Crippen molar-refractivity contribution in [2.75, 3.05) is 11.9 Å². The van der Waals surface area contributed by atoms with Crippen LogP contribution in [0.4, 0.5) is 11.4 Å². The number of hydrogen-bond acceptors (Lipinski definition) is 2. The van der Waals surface area contributed by atoms with Crippen molar-refractivity contribution in [2.45, 2.75) is 23.6 Å². The van der Waals surface area contributed by atoms with E-state index in [1.807, 2.05) is 11.8 Å². The first-order valence-electron chi connectivity index (χ1n) is 5.79. The lowest BCUT2D eigenvalue weighted by molar-refractivity contribution is 1.08. The van der Waals surface area contributed by atoms with Crippen LogP contribution in [-0.4, -0.2) is 7.05 Å². The molecule has 0 aliphatic carbocycles. The number of anilines is 2. The molecule has 0 radical (unpaired) electrons. The molecule has 1 nitrogen and oxygen atoms in total. The molecule has 0 aromatic heterocycles. The Hall–Kier alpha value is -1.41. The van der Waals surface area contributed by atoms with E-state index in [2.05, 4.69) is 62.2 Å². The predicted octanol–water partition coefficient (Wildman–Crippen LogP) is 4.54. The maximum absolute atomic E-state index is 2.29. The number of rotatable bonds is 0. The van der Waals surface area contributed by atoms with Crippen LogP contribution in [0, 0.1) is 13.8 Å². The first-order valence-corrected chi connectivity index (χ1v) is 6.61. The van der Waals surface area contributed by atoms with Crippen molar-refractivity contribution in [1.29, 1.82) is 0 Å². The van der Waals surface area contributed by atoms with Crippen LogP contribution in [-0.2, 0) is 0 Å². The molecular weight excluding hydrogens is 226 g/mol. The third-order valence-electron chi connectivity index (χ3n) is 3.31. The van der Waals surface area contributed by atoms with Gasteiger partial charge in [-0.15, -0.1) is 0 Å². The zero-order valence-corrected chi connectivity index (χ0v) is 11.1. The number of nitrogens with zero attached hydrogens (tertiary/aromatic N) is 1. The van der Waals surface area contributed by atoms with Crippen LogP contribution in [0.15, 0.2) is 46.2 Å². The van der Waals surface area contributed by atoms with E-state index in [1.165, 1.54) is 32.3 Å². The van der Waals surface area contributed by atoms with Crippen molar-refractivity contribution in [1.82, 2.24) is 0 Å². The summed E-state index contributed by atoms with van der Waals surface area (Å²) >= 11 is 1.90. The molecule has 0 N–H and O–H groups in total. The Kier molecular flexibility index (Phi) is 2.40. The van der Waals surface area contributed by atoms with Gasteiger partial charge in [0.25, 0.3) is 0 Å². The molecule has 0 amide bonds. The van der Waals surface area contributed by atoms with Gasteiger partial charge in [0.15, 0.2) is 0 Å². The van der Waals surface area contributed by atoms with Crippen LogP contribution in [0.25, 0.3) is 0 Å². The molecule has 1 aliphatic rings. The Balaban J connectivity index is 2.25. The summed E-state index contributed by atoms with van der Waals surface area (Å²) in [5.74, 6) is 0. The Morgan fingerprint density at radius 3 is 1.76 bits per heavy atom. The van der Waals surface area contributed by atoms with Crippen LogP contribution in [0.1, 0.15) is 11.1 Å². The molecule has 0 saturated carbocycles. The van der Waals surface area contributed by atoms with Gasteiger partial charge in [-0.05, 0) is 37.1 Å². The standard InChI is InChI=1S/C15H15NS/c1-10-6-4-8-12-14(10)17-15-11(2)7-5-9-13(15)16(12)3/h4-9H,1-3H3. The molecule has 0 unspecified atom stereocenters. The summed E-state index contributed by atoms with van der Waals surface area (Å²) in [7, 11) is 2.15. The Labute approximate surface area is 106 Å². The number of hydrogen-bond donors (Lipinski definition) is 0. The van der Waals surface area contributed by atoms with E-state index in [9.17, 15) is 0 Å². The molecule has 2 heteroatoms. The zero-order chi connectivity index (χ0) is 12.0. The molecule has 86 valence electrons. The summed E-state index contributed by atoms with van der Waals surface area (Å²) in [6, 6.07) is 13.0. The number of fused-ring (bicyclic) bond motifs is 2. The molecular formula is C15H15NS. The Morgan fingerprint density at radius 1 is 0.824 bits per heavy atom. The molecule has 0 bridgehead atoms. The zero-order valence-electron chi connectivity index (χ0n) is 10.3. The van der Waals surface area contributed by atoms with Gasteiger partial charge in [0.1, 0.15) is 0 Å². The second kappa shape index (κ2) is 3.81. The third-order valence-corrected chi connectivity index (χ3v) is 4.78. The fourth-order valence-electron chi connectivity index (χ4n) is 2.30. The summed E-state index contributed by atoms with van der Waals surface area (Å²) in [4.78, 5) is 5.06. The van der Waals surface area contributed by atoms with Crippen LogP contribution >= 0.6 is 11.8 Å². The van der Waals surface area contributed by atoms with Gasteiger partial charge in [-0.2, -0.15) is 0 Å². The van der Waals surface area contributed by atoms with Crippen LogP contribution in [0.5, 0.6) is 0 Å². The first kappa shape index (κ1) is 10.7. The maximum atomic E-state index is 2.29. The van der Waals surface area contributed by atoms with Crippen LogP contribution in [0.2, 0.25) is 0 Å². The van der Waals surface area contributed by atoms with Crippen molar-refractivity contribution >= 4 is 23.1 Å². The van der Waals surface area contributed by atoms with Crippen LogP contribution in [0.3, 0.4) is 0 Å². The lowest BCUT2D eigenvalue weighted by Gasteiger charge is -2.31. The molecule has 0 saturated heterocycles. The van der Waals surface area contributed by atoms with Crippen molar-refractivity contribution < 1.29 is 0 Å². The summed E-state index contributed by atoms with van der Waals surface area (Å²) in [5.41, 5.74) is 5.34. The van der Waals surface area contributed by atoms with E-state index in [4.69, 9.17) is 0 Å². The monoisotopic (exact) mass is 241 g/mol. The van der Waals surface area contributed by atoms with E-state index in [0.29, 0.717) is 0 Å². The third kappa shape index (κ3) is 1.55. The smallest absolute Gasteiger partial charge is 0.0552 e. The van der Waals surface area contributed by atoms with Gasteiger partial charge in [0.2, 0.25) is 0 Å². The van der Waals surface area contributed by atoms with Crippen molar-refractivity contribution in [3.05, 3.63) is 47.5 Å². The van der Waals surface area contributed by atoms with E-state index in [0.717, 1.165) is 0 Å². The normalized spacial score (nSPS) is 13.2. The van der Waals surface area contributed by atoms with Crippen LogP contribution < -0.4 is 4.90 Å². The van der Waals surface area contributed by atoms with Gasteiger partial charge in [0.05, 0.1) is 11.4 Å². The minimum absolute atomic E-state index is 1.31. The minimum Gasteiger partial charge on any atom is -0.343 e. The van der Waals surface area contributed by atoms with Crippen molar-refractivity contribution in [2.24, 2.45) is 0 Å². The van der Waals surface area contributed by atoms with Crippen molar-refractivity contribution in [3.63, 3.8) is 0 Å². The molecule has 17 heavy (non-hydrogen) atoms. The lowest BCUT2D eigenvalue weighted by atomic mass is 10.1. The highest BCUT2D eigenvalue weighted by Crippen LogP contribution is 2.49. The largest absolute Gasteiger partial charge is 0.343 e. The lowest BCUT2D eigenvalue weighted by Crippen LogP contribution is -2.15. The molecule has 2 aromatic carbocycles. The minimum atomic E-state index is 1.31. The molecule has 1 heterocycles. The highest BCUT2D eigenvalue weighted by atomic mass is 32.2. The van der Waals surface area contributed by atoms with Crippen molar-refractivity contribution in [3.8, 4) is 0 Å². The van der Waals surface area contributed by atoms with Gasteiger partial charge in [-0.3, -0.25) is 0 Å². The Morgan fingerprint density at radius 2 is 1.29 bits per heavy atom. The van der Waals surface area contributed by atoms with E-state index in [-0.39, 0.29) is 0 Å². The molecule has 0 fully saturated rings. The molecule has 0 atom stereocenters. The highest BCUT2D eigenvalue weighted by molar-refractivity contribution is 7.99. The molecule has 2 aromatic rings.